The minimum absolute atomic E-state index is 0.189. The summed E-state index contributed by atoms with van der Waals surface area (Å²) >= 11 is 0. The summed E-state index contributed by atoms with van der Waals surface area (Å²) in [6, 6.07) is 10.4. The van der Waals surface area contributed by atoms with Crippen LogP contribution in [0, 0.1) is 0 Å². The molecule has 1 atom stereocenters. The highest BCUT2D eigenvalue weighted by molar-refractivity contribution is 5.18. The first-order chi connectivity index (χ1) is 10.4. The Balaban J connectivity index is 1.60. The lowest BCUT2D eigenvalue weighted by atomic mass is 10.0. The minimum atomic E-state index is 0.189. The third-order valence-electron chi connectivity index (χ3n) is 3.76. The van der Waals surface area contributed by atoms with Crippen molar-refractivity contribution in [1.29, 1.82) is 0 Å². The molecular weight excluding hydrogens is 266 g/mol. The SMILES string of the molecule is OCCCC(NCc1nnc(C2CC2)o1)c1ccccc1. The molecule has 112 valence electrons. The number of hydrogen-bond acceptors (Lipinski definition) is 5. The third-order valence-corrected chi connectivity index (χ3v) is 3.76. The average molecular weight is 287 g/mol. The van der Waals surface area contributed by atoms with Gasteiger partial charge in [-0.3, -0.25) is 0 Å². The monoisotopic (exact) mass is 287 g/mol. The molecule has 5 nitrogen and oxygen atoms in total. The van der Waals surface area contributed by atoms with Crippen molar-refractivity contribution in [2.45, 2.75) is 44.2 Å². The largest absolute Gasteiger partial charge is 0.424 e. The molecule has 0 spiro atoms. The van der Waals surface area contributed by atoms with Crippen molar-refractivity contribution in [3.63, 3.8) is 0 Å². The predicted octanol–water partition coefficient (Wildman–Crippen LogP) is 2.55. The van der Waals surface area contributed by atoms with E-state index in [1.165, 1.54) is 5.56 Å². The van der Waals surface area contributed by atoms with Crippen LogP contribution in [0.25, 0.3) is 0 Å². The van der Waals surface area contributed by atoms with Crippen molar-refractivity contribution in [2.75, 3.05) is 6.61 Å². The van der Waals surface area contributed by atoms with Gasteiger partial charge in [-0.1, -0.05) is 30.3 Å². The predicted molar refractivity (Wildman–Crippen MR) is 78.6 cm³/mol. The van der Waals surface area contributed by atoms with Gasteiger partial charge in [-0.25, -0.2) is 0 Å². The summed E-state index contributed by atoms with van der Waals surface area (Å²) in [5, 5.41) is 20.7. The lowest BCUT2D eigenvalue weighted by molar-refractivity contribution is 0.273. The fraction of sp³-hybridized carbons (Fsp3) is 0.500. The van der Waals surface area contributed by atoms with Gasteiger partial charge in [0.1, 0.15) is 0 Å². The van der Waals surface area contributed by atoms with E-state index in [2.05, 4.69) is 27.6 Å². The molecule has 2 N–H and O–H groups in total. The van der Waals surface area contributed by atoms with E-state index in [4.69, 9.17) is 9.52 Å². The van der Waals surface area contributed by atoms with E-state index in [0.717, 1.165) is 31.6 Å². The summed E-state index contributed by atoms with van der Waals surface area (Å²) in [5.41, 5.74) is 1.22. The Kier molecular flexibility index (Phi) is 4.62. The van der Waals surface area contributed by atoms with Crippen LogP contribution in [0.1, 0.15) is 55.0 Å². The third kappa shape index (κ3) is 3.89. The Morgan fingerprint density at radius 1 is 1.24 bits per heavy atom. The first-order valence-electron chi connectivity index (χ1n) is 7.58. The molecule has 0 bridgehead atoms. The fourth-order valence-corrected chi connectivity index (χ4v) is 2.41. The zero-order chi connectivity index (χ0) is 14.5. The summed E-state index contributed by atoms with van der Waals surface area (Å²) < 4.78 is 5.66. The maximum absolute atomic E-state index is 9.05. The number of aliphatic hydroxyl groups is 1. The average Bonchev–Trinajstić information content (AvgIpc) is 3.27. The van der Waals surface area contributed by atoms with Gasteiger partial charge in [-0.15, -0.1) is 10.2 Å². The molecule has 0 aliphatic heterocycles. The van der Waals surface area contributed by atoms with Crippen molar-refractivity contribution in [3.05, 3.63) is 47.7 Å². The second-order valence-electron chi connectivity index (χ2n) is 5.52. The van der Waals surface area contributed by atoms with E-state index < -0.39 is 0 Å². The zero-order valence-electron chi connectivity index (χ0n) is 12.0. The van der Waals surface area contributed by atoms with Crippen LogP contribution in [-0.2, 0) is 6.54 Å². The Labute approximate surface area is 124 Å². The van der Waals surface area contributed by atoms with Gasteiger partial charge in [0, 0.05) is 18.6 Å². The molecule has 21 heavy (non-hydrogen) atoms. The van der Waals surface area contributed by atoms with Crippen molar-refractivity contribution < 1.29 is 9.52 Å². The molecule has 5 heteroatoms. The topological polar surface area (TPSA) is 71.2 Å². The van der Waals surface area contributed by atoms with Gasteiger partial charge in [0.15, 0.2) is 0 Å². The van der Waals surface area contributed by atoms with E-state index in [9.17, 15) is 0 Å². The molecule has 1 unspecified atom stereocenters. The van der Waals surface area contributed by atoms with Gasteiger partial charge < -0.3 is 14.8 Å². The Hall–Kier alpha value is -1.72. The number of aromatic nitrogens is 2. The van der Waals surface area contributed by atoms with Crippen LogP contribution in [0.15, 0.2) is 34.7 Å². The van der Waals surface area contributed by atoms with E-state index >= 15 is 0 Å². The van der Waals surface area contributed by atoms with Gasteiger partial charge in [-0.05, 0) is 31.2 Å². The van der Waals surface area contributed by atoms with Gasteiger partial charge in [-0.2, -0.15) is 0 Å². The van der Waals surface area contributed by atoms with Crippen LogP contribution in [0.5, 0.6) is 0 Å². The van der Waals surface area contributed by atoms with Gasteiger partial charge in [0.05, 0.1) is 6.54 Å². The molecule has 1 aliphatic rings. The van der Waals surface area contributed by atoms with Crippen LogP contribution >= 0.6 is 0 Å². The van der Waals surface area contributed by atoms with E-state index in [-0.39, 0.29) is 12.6 Å². The van der Waals surface area contributed by atoms with Crippen LogP contribution in [0.3, 0.4) is 0 Å². The second kappa shape index (κ2) is 6.83. The molecule has 0 amide bonds. The first-order valence-corrected chi connectivity index (χ1v) is 7.58. The van der Waals surface area contributed by atoms with Gasteiger partial charge >= 0.3 is 0 Å². The lowest BCUT2D eigenvalue weighted by Gasteiger charge is -2.17. The zero-order valence-corrected chi connectivity index (χ0v) is 12.0. The minimum Gasteiger partial charge on any atom is -0.424 e. The summed E-state index contributed by atoms with van der Waals surface area (Å²) in [4.78, 5) is 0. The molecule has 1 saturated carbocycles. The molecular formula is C16H21N3O2. The van der Waals surface area contributed by atoms with Crippen LogP contribution in [-0.4, -0.2) is 21.9 Å². The molecule has 0 radical (unpaired) electrons. The summed E-state index contributed by atoms with van der Waals surface area (Å²) in [7, 11) is 0. The number of aliphatic hydroxyl groups excluding tert-OH is 1. The molecule has 1 heterocycles. The molecule has 3 rings (SSSR count). The summed E-state index contributed by atoms with van der Waals surface area (Å²) in [6.45, 7) is 0.766. The van der Waals surface area contributed by atoms with Gasteiger partial charge in [0.25, 0.3) is 0 Å². The molecule has 1 aromatic carbocycles. The van der Waals surface area contributed by atoms with Gasteiger partial charge in [0.2, 0.25) is 11.8 Å². The maximum atomic E-state index is 9.05. The Morgan fingerprint density at radius 2 is 2.05 bits per heavy atom. The molecule has 2 aromatic rings. The van der Waals surface area contributed by atoms with E-state index in [1.54, 1.807) is 0 Å². The fourth-order valence-electron chi connectivity index (χ4n) is 2.41. The number of hydrogen-bond donors (Lipinski definition) is 2. The normalized spacial score (nSPS) is 16.0. The first kappa shape index (κ1) is 14.2. The van der Waals surface area contributed by atoms with Crippen molar-refractivity contribution in [1.82, 2.24) is 15.5 Å². The number of nitrogens with zero attached hydrogens (tertiary/aromatic N) is 2. The molecule has 0 saturated heterocycles. The number of rotatable bonds is 8. The van der Waals surface area contributed by atoms with Crippen LogP contribution in [0.2, 0.25) is 0 Å². The highest BCUT2D eigenvalue weighted by Gasteiger charge is 2.29. The standard InChI is InChI=1S/C16H21N3O2/c20-10-4-7-14(12-5-2-1-3-6-12)17-11-15-18-19-16(21-15)13-8-9-13/h1-3,5-6,13-14,17,20H,4,7-11H2. The van der Waals surface area contributed by atoms with Crippen LogP contribution < -0.4 is 5.32 Å². The Bertz CT molecular complexity index is 552. The summed E-state index contributed by atoms with van der Waals surface area (Å²) in [5.74, 6) is 1.91. The Morgan fingerprint density at radius 3 is 2.76 bits per heavy atom. The number of nitrogens with one attached hydrogen (secondary N) is 1. The number of benzene rings is 1. The molecule has 1 aliphatic carbocycles. The quantitative estimate of drug-likeness (QED) is 0.780. The maximum Gasteiger partial charge on any atom is 0.230 e. The highest BCUT2D eigenvalue weighted by atomic mass is 16.4. The molecule has 1 fully saturated rings. The highest BCUT2D eigenvalue weighted by Crippen LogP contribution is 2.39. The second-order valence-corrected chi connectivity index (χ2v) is 5.52. The summed E-state index contributed by atoms with van der Waals surface area (Å²) in [6.07, 6.45) is 3.98. The molecule has 1 aromatic heterocycles. The van der Waals surface area contributed by atoms with E-state index in [1.807, 2.05) is 18.2 Å². The van der Waals surface area contributed by atoms with E-state index in [0.29, 0.717) is 18.4 Å². The van der Waals surface area contributed by atoms with Crippen molar-refractivity contribution >= 4 is 0 Å². The van der Waals surface area contributed by atoms with Crippen molar-refractivity contribution in [2.24, 2.45) is 0 Å². The van der Waals surface area contributed by atoms with Crippen LogP contribution in [0.4, 0.5) is 0 Å². The smallest absolute Gasteiger partial charge is 0.230 e. The lowest BCUT2D eigenvalue weighted by Crippen LogP contribution is -2.21. The van der Waals surface area contributed by atoms with Crippen molar-refractivity contribution in [3.8, 4) is 0 Å².